The van der Waals surface area contributed by atoms with Gasteiger partial charge in [-0.1, -0.05) is 29.8 Å². The van der Waals surface area contributed by atoms with Crippen molar-refractivity contribution in [3.63, 3.8) is 0 Å². The van der Waals surface area contributed by atoms with Gasteiger partial charge in [0.15, 0.2) is 26.8 Å². The van der Waals surface area contributed by atoms with Crippen molar-refractivity contribution in [1.29, 1.82) is 0 Å². The summed E-state index contributed by atoms with van der Waals surface area (Å²) in [6, 6.07) is 10.4. The third-order valence-electron chi connectivity index (χ3n) is 4.87. The highest BCUT2D eigenvalue weighted by Gasteiger charge is 2.34. The van der Waals surface area contributed by atoms with Gasteiger partial charge in [-0.05, 0) is 39.0 Å². The minimum absolute atomic E-state index is 0.0443. The lowest BCUT2D eigenvalue weighted by Gasteiger charge is -2.17. The van der Waals surface area contributed by atoms with E-state index in [1.165, 1.54) is 26.1 Å². The molecule has 13 heteroatoms. The summed E-state index contributed by atoms with van der Waals surface area (Å²) < 4.78 is 62.9. The fourth-order valence-corrected chi connectivity index (χ4v) is 7.54. The molecule has 1 heterocycles. The molecule has 3 N–H and O–H groups in total. The van der Waals surface area contributed by atoms with Gasteiger partial charge < -0.3 is 20.1 Å². The Morgan fingerprint density at radius 2 is 1.75 bits per heavy atom. The van der Waals surface area contributed by atoms with Crippen molar-refractivity contribution in [2.45, 2.75) is 25.7 Å². The molecule has 0 radical (unpaired) electrons. The number of benzene rings is 2. The molecule has 0 bridgehead atoms. The molecule has 0 aliphatic heterocycles. The van der Waals surface area contributed by atoms with Crippen LogP contribution in [0.2, 0.25) is 0 Å². The van der Waals surface area contributed by atoms with Crippen LogP contribution in [0.15, 0.2) is 53.6 Å². The van der Waals surface area contributed by atoms with Gasteiger partial charge in [-0.2, -0.15) is 0 Å². The molecule has 0 spiro atoms. The second kappa shape index (κ2) is 11.3. The van der Waals surface area contributed by atoms with Gasteiger partial charge in [-0.15, -0.1) is 0 Å². The van der Waals surface area contributed by atoms with E-state index in [4.69, 9.17) is 14.8 Å². The molecule has 0 unspecified atom stereocenters. The molecular weight excluding hydrogens is 510 g/mol. The van der Waals surface area contributed by atoms with Crippen LogP contribution < -0.4 is 11.1 Å². The van der Waals surface area contributed by atoms with Crippen molar-refractivity contribution >= 4 is 34.8 Å². The fraction of sp³-hybridized carbons (Fsp3) is 0.261. The second-order valence-electron chi connectivity index (χ2n) is 7.64. The number of nitrogen functional groups attached to an aromatic ring is 1. The number of sulfone groups is 1. The van der Waals surface area contributed by atoms with E-state index < -0.39 is 39.5 Å². The van der Waals surface area contributed by atoms with E-state index in [1.807, 2.05) is 31.2 Å². The van der Waals surface area contributed by atoms with Crippen molar-refractivity contribution < 1.29 is 31.2 Å². The molecule has 1 aromatic heterocycles. The number of amides is 1. The largest absolute Gasteiger partial charge is 0.382 e. The molecule has 0 saturated heterocycles. The van der Waals surface area contributed by atoms with Gasteiger partial charge >= 0.3 is 7.60 Å². The highest BCUT2D eigenvalue weighted by atomic mass is 32.2. The first-order chi connectivity index (χ1) is 17.0. The number of hydrogen-bond acceptors (Lipinski definition) is 9. The standard InChI is InChI=1S/C23H26FN4O6PS/c1-4-33-35(30,34-5-2)14-36(31,32)20-11-10-17(12-18(20)24)27-23(29)21-22(25)26-13-19(28-21)16-8-6-15(3)7-9-16/h6-13H,4-5,14H2,1-3H3,(H2,25,26)(H,27,29). The van der Waals surface area contributed by atoms with Crippen molar-refractivity contribution in [2.24, 2.45) is 0 Å². The van der Waals surface area contributed by atoms with E-state index >= 15 is 0 Å². The van der Waals surface area contributed by atoms with E-state index in [-0.39, 0.29) is 30.4 Å². The lowest BCUT2D eigenvalue weighted by molar-refractivity contribution is 0.102. The number of nitrogens with two attached hydrogens (primary N) is 1. The highest BCUT2D eigenvalue weighted by molar-refractivity contribution is 7.97. The van der Waals surface area contributed by atoms with Crippen LogP contribution in [-0.4, -0.2) is 43.0 Å². The van der Waals surface area contributed by atoms with Crippen LogP contribution in [0.4, 0.5) is 15.9 Å². The summed E-state index contributed by atoms with van der Waals surface area (Å²) in [5, 5.41) is 2.43. The summed E-state index contributed by atoms with van der Waals surface area (Å²) >= 11 is 0. The van der Waals surface area contributed by atoms with Gasteiger partial charge in [0.1, 0.15) is 10.7 Å². The Hall–Kier alpha value is -3.18. The maximum Gasteiger partial charge on any atom is 0.346 e. The van der Waals surface area contributed by atoms with Crippen LogP contribution in [0.3, 0.4) is 0 Å². The molecular formula is C23H26FN4O6PS. The Balaban J connectivity index is 1.83. The average Bonchev–Trinajstić information content (AvgIpc) is 2.79. The van der Waals surface area contributed by atoms with Gasteiger partial charge in [0.25, 0.3) is 5.91 Å². The van der Waals surface area contributed by atoms with Crippen LogP contribution in [0.25, 0.3) is 11.3 Å². The zero-order valence-corrected chi connectivity index (χ0v) is 21.6. The molecule has 0 saturated carbocycles. The fourth-order valence-electron chi connectivity index (χ4n) is 3.23. The van der Waals surface area contributed by atoms with Gasteiger partial charge in [0, 0.05) is 11.3 Å². The van der Waals surface area contributed by atoms with Gasteiger partial charge in [-0.25, -0.2) is 22.8 Å². The van der Waals surface area contributed by atoms with Crippen LogP contribution in [-0.2, 0) is 23.4 Å². The van der Waals surface area contributed by atoms with E-state index in [0.717, 1.165) is 23.3 Å². The van der Waals surface area contributed by atoms with Crippen molar-refractivity contribution in [3.05, 3.63) is 65.7 Å². The number of carbonyl (C=O) groups is 1. The highest BCUT2D eigenvalue weighted by Crippen LogP contribution is 2.50. The number of rotatable bonds is 10. The zero-order valence-electron chi connectivity index (χ0n) is 19.9. The number of nitrogens with one attached hydrogen (secondary N) is 1. The molecule has 0 aliphatic carbocycles. The van der Waals surface area contributed by atoms with Gasteiger partial charge in [0.2, 0.25) is 0 Å². The van der Waals surface area contributed by atoms with E-state index in [2.05, 4.69) is 15.3 Å². The Kier molecular flexibility index (Phi) is 8.57. The van der Waals surface area contributed by atoms with Crippen LogP contribution >= 0.6 is 7.60 Å². The molecule has 2 aromatic carbocycles. The zero-order chi connectivity index (χ0) is 26.5. The lowest BCUT2D eigenvalue weighted by atomic mass is 10.1. The van der Waals surface area contributed by atoms with Crippen LogP contribution in [0, 0.1) is 12.7 Å². The summed E-state index contributed by atoms with van der Waals surface area (Å²) in [5.41, 5.74) is 6.76. The van der Waals surface area contributed by atoms with Crippen molar-refractivity contribution in [1.82, 2.24) is 9.97 Å². The molecule has 36 heavy (non-hydrogen) atoms. The molecule has 10 nitrogen and oxygen atoms in total. The first-order valence-corrected chi connectivity index (χ1v) is 14.3. The van der Waals surface area contributed by atoms with Gasteiger partial charge in [-0.3, -0.25) is 9.36 Å². The third kappa shape index (κ3) is 6.52. The Morgan fingerprint density at radius 3 is 2.33 bits per heavy atom. The van der Waals surface area contributed by atoms with E-state index in [0.29, 0.717) is 5.69 Å². The number of anilines is 2. The summed E-state index contributed by atoms with van der Waals surface area (Å²) in [6.45, 7) is 4.91. The Bertz CT molecular complexity index is 1410. The molecule has 0 aliphatic rings. The minimum atomic E-state index is -4.38. The number of aryl methyl sites for hydroxylation is 1. The lowest BCUT2D eigenvalue weighted by Crippen LogP contribution is -2.18. The molecule has 3 aromatic rings. The number of halogens is 1. The number of carbonyl (C=O) groups excluding carboxylic acids is 1. The topological polar surface area (TPSA) is 151 Å². The van der Waals surface area contributed by atoms with Crippen LogP contribution in [0.5, 0.6) is 0 Å². The SMILES string of the molecule is CCOP(=O)(CS(=O)(=O)c1ccc(NC(=O)c2nc(-c3ccc(C)cc3)cnc2N)cc1F)OCC. The second-order valence-corrected chi connectivity index (χ2v) is 12.1. The Morgan fingerprint density at radius 1 is 1.11 bits per heavy atom. The normalized spacial score (nSPS) is 11.9. The third-order valence-corrected chi connectivity index (χ3v) is 9.80. The summed E-state index contributed by atoms with van der Waals surface area (Å²) in [4.78, 5) is 20.4. The maximum atomic E-state index is 14.8. The quantitative estimate of drug-likeness (QED) is 0.359. The number of aromatic nitrogens is 2. The minimum Gasteiger partial charge on any atom is -0.382 e. The summed E-state index contributed by atoms with van der Waals surface area (Å²) in [5.74, 6) is -2.05. The predicted molar refractivity (Wildman–Crippen MR) is 134 cm³/mol. The van der Waals surface area contributed by atoms with Gasteiger partial charge in [0.05, 0.1) is 25.1 Å². The number of hydrogen-bond donors (Lipinski definition) is 2. The smallest absolute Gasteiger partial charge is 0.346 e. The summed E-state index contributed by atoms with van der Waals surface area (Å²) in [7, 11) is -8.37. The summed E-state index contributed by atoms with van der Waals surface area (Å²) in [6.07, 6.45) is 1.43. The molecule has 0 atom stereocenters. The van der Waals surface area contributed by atoms with Crippen molar-refractivity contribution in [3.8, 4) is 11.3 Å². The molecule has 1 amide bonds. The first kappa shape index (κ1) is 27.4. The monoisotopic (exact) mass is 536 g/mol. The van der Waals surface area contributed by atoms with Crippen LogP contribution in [0.1, 0.15) is 29.9 Å². The predicted octanol–water partition coefficient (Wildman–Crippen LogP) is 4.42. The van der Waals surface area contributed by atoms with Crippen molar-refractivity contribution in [2.75, 3.05) is 29.8 Å². The maximum absolute atomic E-state index is 14.8. The average molecular weight is 537 g/mol. The first-order valence-electron chi connectivity index (χ1n) is 10.9. The number of nitrogens with zero attached hydrogens (tertiary/aromatic N) is 2. The van der Waals surface area contributed by atoms with E-state index in [1.54, 1.807) is 0 Å². The molecule has 192 valence electrons. The Labute approximate surface area is 208 Å². The molecule has 3 rings (SSSR count). The van der Waals surface area contributed by atoms with E-state index in [9.17, 15) is 22.2 Å². The molecule has 0 fully saturated rings.